The van der Waals surface area contributed by atoms with Gasteiger partial charge in [0.1, 0.15) is 17.2 Å². The van der Waals surface area contributed by atoms with Crippen molar-refractivity contribution < 1.29 is 15.3 Å². The fourth-order valence-electron chi connectivity index (χ4n) is 7.13. The fourth-order valence-corrected chi connectivity index (χ4v) is 7.13. The van der Waals surface area contributed by atoms with Crippen LogP contribution in [0.15, 0.2) is 140 Å². The van der Waals surface area contributed by atoms with Crippen LogP contribution in [0.5, 0.6) is 17.2 Å². The van der Waals surface area contributed by atoms with Gasteiger partial charge in [0.25, 0.3) is 0 Å². The number of phenolic OH excluding ortho intramolecular Hbond substituents is 3. The Morgan fingerprint density at radius 1 is 0.306 bits per heavy atom. The zero-order chi connectivity index (χ0) is 34.7. The van der Waals surface area contributed by atoms with Crippen LogP contribution in [0, 0.1) is 0 Å². The van der Waals surface area contributed by atoms with E-state index in [1.54, 1.807) is 12.1 Å². The van der Waals surface area contributed by atoms with Crippen molar-refractivity contribution in [2.45, 2.75) is 64.2 Å². The maximum atomic E-state index is 12.2. The third-order valence-electron chi connectivity index (χ3n) is 10.6. The number of hydrogen-bond acceptors (Lipinski definition) is 3. The summed E-state index contributed by atoms with van der Waals surface area (Å²) in [7, 11) is 0. The van der Waals surface area contributed by atoms with Gasteiger partial charge in [-0.3, -0.25) is 0 Å². The molecule has 49 heavy (non-hydrogen) atoms. The molecular weight excluding hydrogens is 601 g/mol. The molecule has 5 unspecified atom stereocenters. The highest BCUT2D eigenvalue weighted by atomic mass is 16.3. The van der Waals surface area contributed by atoms with E-state index >= 15 is 0 Å². The summed E-state index contributed by atoms with van der Waals surface area (Å²) in [4.78, 5) is 0. The van der Waals surface area contributed by atoms with Gasteiger partial charge in [-0.2, -0.15) is 0 Å². The Kier molecular flexibility index (Phi) is 9.92. The molecule has 3 heteroatoms. The van der Waals surface area contributed by atoms with Gasteiger partial charge >= 0.3 is 0 Å². The summed E-state index contributed by atoms with van der Waals surface area (Å²) >= 11 is 0. The standard InChI is InChI=1S/C46H46O3/c1-29(34-15-9-6-10-16-34)37-21-23-44(47)40(25-37)32(4)42-27-39(31(3)36-19-13-8-14-20-36)28-43(46(42)49)33(5)41-26-38(22-24-45(41)48)30(2)35-17-11-7-12-18-35/h6-33,47-49H,1-5H3. The number of benzene rings is 6. The molecule has 0 heterocycles. The van der Waals surface area contributed by atoms with Gasteiger partial charge in [-0.05, 0) is 45.5 Å². The lowest BCUT2D eigenvalue weighted by Gasteiger charge is -2.25. The van der Waals surface area contributed by atoms with Gasteiger partial charge in [0, 0.05) is 51.8 Å². The van der Waals surface area contributed by atoms with Crippen molar-refractivity contribution in [3.8, 4) is 17.2 Å². The molecule has 0 spiro atoms. The van der Waals surface area contributed by atoms with E-state index in [2.05, 4.69) is 81.4 Å². The summed E-state index contributed by atoms with van der Waals surface area (Å²) in [5, 5.41) is 34.6. The van der Waals surface area contributed by atoms with Crippen LogP contribution in [-0.4, -0.2) is 15.3 Å². The van der Waals surface area contributed by atoms with E-state index in [0.717, 1.165) is 38.9 Å². The molecule has 248 valence electrons. The minimum Gasteiger partial charge on any atom is -0.508 e. The summed E-state index contributed by atoms with van der Waals surface area (Å²) in [6.07, 6.45) is 0. The molecule has 0 bridgehead atoms. The Labute approximate surface area is 291 Å². The number of phenols is 3. The minimum atomic E-state index is -0.310. The summed E-state index contributed by atoms with van der Waals surface area (Å²) in [6, 6.07) is 47.0. The van der Waals surface area contributed by atoms with E-state index in [-0.39, 0.29) is 46.8 Å². The van der Waals surface area contributed by atoms with Crippen LogP contribution < -0.4 is 0 Å². The third kappa shape index (κ3) is 6.98. The van der Waals surface area contributed by atoms with E-state index < -0.39 is 0 Å². The van der Waals surface area contributed by atoms with E-state index in [0.29, 0.717) is 0 Å². The normalized spacial score (nSPS) is 14.5. The van der Waals surface area contributed by atoms with E-state index in [9.17, 15) is 15.3 Å². The zero-order valence-corrected chi connectivity index (χ0v) is 29.0. The van der Waals surface area contributed by atoms with E-state index in [4.69, 9.17) is 0 Å². The molecule has 0 aliphatic rings. The van der Waals surface area contributed by atoms with Crippen LogP contribution in [0.25, 0.3) is 0 Å². The second-order valence-electron chi connectivity index (χ2n) is 13.5. The van der Waals surface area contributed by atoms with Crippen molar-refractivity contribution in [3.63, 3.8) is 0 Å². The lowest BCUT2D eigenvalue weighted by Crippen LogP contribution is -2.08. The van der Waals surface area contributed by atoms with Crippen LogP contribution in [0.4, 0.5) is 0 Å². The molecule has 0 aromatic heterocycles. The van der Waals surface area contributed by atoms with Crippen LogP contribution >= 0.6 is 0 Å². The second kappa shape index (κ2) is 14.5. The lowest BCUT2D eigenvalue weighted by atomic mass is 9.80. The Morgan fingerprint density at radius 2 is 0.612 bits per heavy atom. The Bertz CT molecular complexity index is 1900. The first-order chi connectivity index (χ1) is 23.6. The van der Waals surface area contributed by atoms with Crippen molar-refractivity contribution in [1.82, 2.24) is 0 Å². The molecule has 6 rings (SSSR count). The highest BCUT2D eigenvalue weighted by Crippen LogP contribution is 2.45. The van der Waals surface area contributed by atoms with Gasteiger partial charge < -0.3 is 15.3 Å². The highest BCUT2D eigenvalue weighted by Gasteiger charge is 2.26. The average Bonchev–Trinajstić information content (AvgIpc) is 3.15. The summed E-state index contributed by atoms with van der Waals surface area (Å²) in [5.74, 6) is 0.287. The number of hydrogen-bond donors (Lipinski definition) is 3. The minimum absolute atomic E-state index is 0.0507. The molecule has 6 aromatic rings. The third-order valence-corrected chi connectivity index (χ3v) is 10.6. The first-order valence-corrected chi connectivity index (χ1v) is 17.3. The van der Waals surface area contributed by atoms with Crippen molar-refractivity contribution in [2.24, 2.45) is 0 Å². The first-order valence-electron chi connectivity index (χ1n) is 17.3. The molecule has 3 nitrogen and oxygen atoms in total. The quantitative estimate of drug-likeness (QED) is 0.139. The maximum Gasteiger partial charge on any atom is 0.123 e. The Balaban J connectivity index is 1.46. The van der Waals surface area contributed by atoms with Crippen LogP contribution in [0.3, 0.4) is 0 Å². The summed E-state index contributed by atoms with van der Waals surface area (Å²) in [5.41, 5.74) is 9.86. The highest BCUT2D eigenvalue weighted by molar-refractivity contribution is 5.57. The molecule has 0 aliphatic heterocycles. The molecule has 0 radical (unpaired) electrons. The summed E-state index contributed by atoms with van der Waals surface area (Å²) < 4.78 is 0. The lowest BCUT2D eigenvalue weighted by molar-refractivity contribution is 0.447. The van der Waals surface area contributed by atoms with Crippen LogP contribution in [0.2, 0.25) is 0 Å². The first kappa shape index (κ1) is 33.6. The number of rotatable bonds is 10. The maximum absolute atomic E-state index is 12.2. The van der Waals surface area contributed by atoms with Crippen molar-refractivity contribution >= 4 is 0 Å². The SMILES string of the molecule is CC(c1ccccc1)c1ccc(O)c(C(C)c2cc(C(C)c3ccccc3)cc(C(C)c3cc(C(C)c4ccccc4)ccc3O)c2O)c1. The molecule has 3 N–H and O–H groups in total. The van der Waals surface area contributed by atoms with Gasteiger partial charge in [-0.1, -0.05) is 162 Å². The van der Waals surface area contributed by atoms with Gasteiger partial charge in [-0.15, -0.1) is 0 Å². The Hall–Kier alpha value is -5.28. The van der Waals surface area contributed by atoms with Crippen LogP contribution in [0.1, 0.15) is 120 Å². The molecule has 0 saturated heterocycles. The predicted molar refractivity (Wildman–Crippen MR) is 201 cm³/mol. The number of aromatic hydroxyl groups is 3. The molecule has 0 fully saturated rings. The van der Waals surface area contributed by atoms with Gasteiger partial charge in [0.05, 0.1) is 0 Å². The molecule has 6 aromatic carbocycles. The summed E-state index contributed by atoms with van der Waals surface area (Å²) in [6.45, 7) is 10.6. The van der Waals surface area contributed by atoms with Crippen LogP contribution in [-0.2, 0) is 0 Å². The smallest absolute Gasteiger partial charge is 0.123 e. The monoisotopic (exact) mass is 646 g/mol. The molecule has 5 atom stereocenters. The van der Waals surface area contributed by atoms with Gasteiger partial charge in [-0.25, -0.2) is 0 Å². The average molecular weight is 647 g/mol. The zero-order valence-electron chi connectivity index (χ0n) is 29.0. The fraction of sp³-hybridized carbons (Fsp3) is 0.217. The molecule has 0 aliphatic carbocycles. The topological polar surface area (TPSA) is 60.7 Å². The van der Waals surface area contributed by atoms with Crippen molar-refractivity contribution in [2.75, 3.05) is 0 Å². The second-order valence-corrected chi connectivity index (χ2v) is 13.5. The van der Waals surface area contributed by atoms with E-state index in [1.165, 1.54) is 16.7 Å². The van der Waals surface area contributed by atoms with Crippen molar-refractivity contribution in [3.05, 3.63) is 195 Å². The van der Waals surface area contributed by atoms with E-state index in [1.807, 2.05) is 80.6 Å². The Morgan fingerprint density at radius 3 is 0.959 bits per heavy atom. The van der Waals surface area contributed by atoms with Gasteiger partial charge in [0.15, 0.2) is 0 Å². The van der Waals surface area contributed by atoms with Crippen molar-refractivity contribution in [1.29, 1.82) is 0 Å². The van der Waals surface area contributed by atoms with Gasteiger partial charge in [0.2, 0.25) is 0 Å². The molecular formula is C46H46O3. The molecule has 0 saturated carbocycles. The molecule has 0 amide bonds. The largest absolute Gasteiger partial charge is 0.508 e. The predicted octanol–water partition coefficient (Wildman–Crippen LogP) is 11.6.